The van der Waals surface area contributed by atoms with Gasteiger partial charge in [-0.3, -0.25) is 4.79 Å². The fourth-order valence-electron chi connectivity index (χ4n) is 2.65. The van der Waals surface area contributed by atoms with Crippen molar-refractivity contribution in [1.82, 2.24) is 0 Å². The summed E-state index contributed by atoms with van der Waals surface area (Å²) in [6.07, 6.45) is 0. The lowest BCUT2D eigenvalue weighted by Crippen LogP contribution is -2.12. The number of hydrogen-bond donors (Lipinski definition) is 0. The van der Waals surface area contributed by atoms with E-state index in [-0.39, 0.29) is 5.56 Å². The molecule has 0 saturated heterocycles. The van der Waals surface area contributed by atoms with Crippen LogP contribution in [0.15, 0.2) is 18.2 Å². The topological polar surface area (TPSA) is 17.1 Å². The molecule has 0 spiro atoms. The zero-order chi connectivity index (χ0) is 15.9. The summed E-state index contributed by atoms with van der Waals surface area (Å²) in [5, 5.41) is 0. The van der Waals surface area contributed by atoms with Crippen LogP contribution in [0.5, 0.6) is 0 Å². The summed E-state index contributed by atoms with van der Waals surface area (Å²) >= 11 is 0. The Morgan fingerprint density at radius 1 is 0.810 bits per heavy atom. The fourth-order valence-corrected chi connectivity index (χ4v) is 2.65. The summed E-state index contributed by atoms with van der Waals surface area (Å²) in [5.74, 6) is -2.55. The first-order valence-corrected chi connectivity index (χ1v) is 6.83. The van der Waals surface area contributed by atoms with Gasteiger partial charge in [-0.2, -0.15) is 0 Å². The molecule has 1 nitrogen and oxygen atoms in total. The summed E-state index contributed by atoms with van der Waals surface area (Å²) in [6, 6.07) is 3.69. The van der Waals surface area contributed by atoms with Crippen molar-refractivity contribution in [2.75, 3.05) is 0 Å². The first kappa shape index (κ1) is 15.4. The molecule has 0 fully saturated rings. The normalized spacial score (nSPS) is 10.8. The molecular weight excluding hydrogens is 270 g/mol. The molecule has 0 amide bonds. The third-order valence-corrected chi connectivity index (χ3v) is 4.42. The molecule has 0 saturated carbocycles. The molecule has 21 heavy (non-hydrogen) atoms. The summed E-state index contributed by atoms with van der Waals surface area (Å²) in [7, 11) is 0. The van der Waals surface area contributed by atoms with Gasteiger partial charge in [-0.25, -0.2) is 8.78 Å². The summed E-state index contributed by atoms with van der Waals surface area (Å²) in [6.45, 7) is 9.58. The van der Waals surface area contributed by atoms with Gasteiger partial charge in [0, 0.05) is 5.56 Å². The van der Waals surface area contributed by atoms with Crippen LogP contribution in [0.2, 0.25) is 0 Å². The molecule has 0 aliphatic carbocycles. The molecule has 3 heteroatoms. The number of halogens is 2. The van der Waals surface area contributed by atoms with Crippen LogP contribution >= 0.6 is 0 Å². The van der Waals surface area contributed by atoms with Gasteiger partial charge < -0.3 is 0 Å². The largest absolute Gasteiger partial charge is 0.288 e. The van der Waals surface area contributed by atoms with Crippen LogP contribution in [0.4, 0.5) is 8.78 Å². The van der Waals surface area contributed by atoms with Crippen LogP contribution in [0.25, 0.3) is 0 Å². The molecule has 110 valence electrons. The predicted molar refractivity (Wildman–Crippen MR) is 79.9 cm³/mol. The SMILES string of the molecule is Cc1c(C)c(C)c(C(=O)c2cccc(F)c2F)c(C)c1C. The summed E-state index contributed by atoms with van der Waals surface area (Å²) < 4.78 is 27.2. The van der Waals surface area contributed by atoms with E-state index in [4.69, 9.17) is 0 Å². The zero-order valence-corrected chi connectivity index (χ0v) is 12.9. The maximum absolute atomic E-state index is 13.9. The smallest absolute Gasteiger partial charge is 0.196 e. The molecule has 0 heterocycles. The van der Waals surface area contributed by atoms with Crippen molar-refractivity contribution in [1.29, 1.82) is 0 Å². The fraction of sp³-hybridized carbons (Fsp3) is 0.278. The Morgan fingerprint density at radius 3 is 1.81 bits per heavy atom. The Kier molecular flexibility index (Phi) is 3.95. The van der Waals surface area contributed by atoms with E-state index in [1.54, 1.807) is 0 Å². The zero-order valence-electron chi connectivity index (χ0n) is 12.9. The molecule has 0 aliphatic heterocycles. The Balaban J connectivity index is 2.73. The second kappa shape index (κ2) is 5.40. The second-order valence-electron chi connectivity index (χ2n) is 5.43. The lowest BCUT2D eigenvalue weighted by molar-refractivity contribution is 0.103. The standard InChI is InChI=1S/C18H18F2O/c1-9-10(2)12(4)16(13(5)11(9)3)18(21)14-7-6-8-15(19)17(14)20/h6-8H,1-5H3. The van der Waals surface area contributed by atoms with E-state index >= 15 is 0 Å². The van der Waals surface area contributed by atoms with Gasteiger partial charge in [0.1, 0.15) is 0 Å². The van der Waals surface area contributed by atoms with Crippen molar-refractivity contribution in [3.8, 4) is 0 Å². The Bertz CT molecular complexity index is 716. The number of hydrogen-bond acceptors (Lipinski definition) is 1. The summed E-state index contributed by atoms with van der Waals surface area (Å²) in [5.41, 5.74) is 5.05. The average molecular weight is 288 g/mol. The molecule has 2 aromatic rings. The van der Waals surface area contributed by atoms with Crippen molar-refractivity contribution < 1.29 is 13.6 Å². The van der Waals surface area contributed by atoms with Crippen LogP contribution < -0.4 is 0 Å². The molecule has 0 atom stereocenters. The third kappa shape index (κ3) is 2.37. The van der Waals surface area contributed by atoms with E-state index in [1.165, 1.54) is 12.1 Å². The maximum atomic E-state index is 13.9. The van der Waals surface area contributed by atoms with Crippen molar-refractivity contribution in [3.05, 3.63) is 68.8 Å². The molecule has 0 radical (unpaired) electrons. The van der Waals surface area contributed by atoms with E-state index in [9.17, 15) is 13.6 Å². The molecule has 0 aromatic heterocycles. The Hall–Kier alpha value is -2.03. The van der Waals surface area contributed by atoms with E-state index in [1.807, 2.05) is 34.6 Å². The van der Waals surface area contributed by atoms with Crippen molar-refractivity contribution in [3.63, 3.8) is 0 Å². The molecule has 0 unspecified atom stereocenters. The quantitative estimate of drug-likeness (QED) is 0.730. The van der Waals surface area contributed by atoms with Gasteiger partial charge in [0.2, 0.25) is 0 Å². The monoisotopic (exact) mass is 288 g/mol. The molecule has 0 N–H and O–H groups in total. The van der Waals surface area contributed by atoms with Gasteiger partial charge in [0.05, 0.1) is 5.56 Å². The second-order valence-corrected chi connectivity index (χ2v) is 5.43. The minimum Gasteiger partial charge on any atom is -0.288 e. The lowest BCUT2D eigenvalue weighted by Gasteiger charge is -2.18. The van der Waals surface area contributed by atoms with Crippen LogP contribution in [-0.2, 0) is 0 Å². The minimum atomic E-state index is -1.09. The first-order chi connectivity index (χ1) is 9.77. The number of rotatable bonds is 2. The Morgan fingerprint density at radius 2 is 1.29 bits per heavy atom. The maximum Gasteiger partial charge on any atom is 0.196 e. The van der Waals surface area contributed by atoms with Crippen LogP contribution in [0.1, 0.15) is 43.7 Å². The van der Waals surface area contributed by atoms with Gasteiger partial charge in [0.15, 0.2) is 17.4 Å². The van der Waals surface area contributed by atoms with E-state index < -0.39 is 17.4 Å². The predicted octanol–water partition coefficient (Wildman–Crippen LogP) is 4.74. The van der Waals surface area contributed by atoms with Gasteiger partial charge in [-0.15, -0.1) is 0 Å². The first-order valence-electron chi connectivity index (χ1n) is 6.83. The lowest BCUT2D eigenvalue weighted by atomic mass is 9.86. The van der Waals surface area contributed by atoms with E-state index in [2.05, 4.69) is 0 Å². The van der Waals surface area contributed by atoms with Gasteiger partial charge in [-0.1, -0.05) is 6.07 Å². The number of benzene rings is 2. The highest BCUT2D eigenvalue weighted by atomic mass is 19.2. The van der Waals surface area contributed by atoms with E-state index in [0.717, 1.165) is 33.9 Å². The third-order valence-electron chi connectivity index (χ3n) is 4.42. The Labute approximate surface area is 123 Å². The highest BCUT2D eigenvalue weighted by Crippen LogP contribution is 2.28. The number of carbonyl (C=O) groups is 1. The average Bonchev–Trinajstić information content (AvgIpc) is 2.46. The van der Waals surface area contributed by atoms with Gasteiger partial charge >= 0.3 is 0 Å². The molecule has 0 aliphatic rings. The highest BCUT2D eigenvalue weighted by Gasteiger charge is 2.22. The molecule has 2 rings (SSSR count). The van der Waals surface area contributed by atoms with E-state index in [0.29, 0.717) is 5.56 Å². The summed E-state index contributed by atoms with van der Waals surface area (Å²) in [4.78, 5) is 12.7. The van der Waals surface area contributed by atoms with Gasteiger partial charge in [0.25, 0.3) is 0 Å². The minimum absolute atomic E-state index is 0.219. The molecule has 2 aromatic carbocycles. The van der Waals surface area contributed by atoms with Crippen LogP contribution in [-0.4, -0.2) is 5.78 Å². The van der Waals surface area contributed by atoms with Gasteiger partial charge in [-0.05, 0) is 74.6 Å². The number of ketones is 1. The van der Waals surface area contributed by atoms with Crippen molar-refractivity contribution >= 4 is 5.78 Å². The molecule has 0 bridgehead atoms. The van der Waals surface area contributed by atoms with Crippen molar-refractivity contribution in [2.24, 2.45) is 0 Å². The molecular formula is C18H18F2O. The number of carbonyl (C=O) groups excluding carboxylic acids is 1. The van der Waals surface area contributed by atoms with Crippen LogP contribution in [0, 0.1) is 46.3 Å². The van der Waals surface area contributed by atoms with Crippen LogP contribution in [0.3, 0.4) is 0 Å². The highest BCUT2D eigenvalue weighted by molar-refractivity contribution is 6.11. The van der Waals surface area contributed by atoms with Crippen molar-refractivity contribution in [2.45, 2.75) is 34.6 Å².